The van der Waals surface area contributed by atoms with Gasteiger partial charge in [-0.3, -0.25) is 4.90 Å². The minimum absolute atomic E-state index is 0.0769. The average Bonchev–Trinajstić information content (AvgIpc) is 3.32. The summed E-state index contributed by atoms with van der Waals surface area (Å²) in [7, 11) is 3.91. The van der Waals surface area contributed by atoms with E-state index in [-0.39, 0.29) is 6.04 Å². The topological polar surface area (TPSA) is 28.1 Å². The van der Waals surface area contributed by atoms with E-state index in [1.54, 1.807) is 18.9 Å². The van der Waals surface area contributed by atoms with Crippen LogP contribution in [0.4, 0.5) is 0 Å². The Morgan fingerprint density at radius 1 is 0.943 bits per heavy atom. The predicted octanol–water partition coefficient (Wildman–Crippen LogP) is 6.44. The molecule has 174 valence electrons. The Bertz CT molecular complexity index is 1370. The van der Waals surface area contributed by atoms with Crippen LogP contribution in [0.5, 0.6) is 5.75 Å². The molecular formula is C30H27N3OS. The van der Waals surface area contributed by atoms with Gasteiger partial charge in [-0.25, -0.2) is 4.99 Å². The summed E-state index contributed by atoms with van der Waals surface area (Å²) in [6.45, 7) is 1.76. The molecule has 1 atom stereocenters. The van der Waals surface area contributed by atoms with Crippen molar-refractivity contribution in [3.63, 3.8) is 0 Å². The molecule has 3 aliphatic rings. The van der Waals surface area contributed by atoms with E-state index in [0.29, 0.717) is 0 Å². The van der Waals surface area contributed by atoms with Crippen LogP contribution in [0.25, 0.3) is 11.8 Å². The molecule has 0 saturated heterocycles. The molecule has 3 aromatic rings. The van der Waals surface area contributed by atoms with Crippen molar-refractivity contribution >= 4 is 28.7 Å². The third-order valence-corrected chi connectivity index (χ3v) is 7.49. The van der Waals surface area contributed by atoms with Crippen molar-refractivity contribution in [3.05, 3.63) is 124 Å². The Hall–Kier alpha value is -3.54. The lowest BCUT2D eigenvalue weighted by atomic mass is 9.88. The third-order valence-electron chi connectivity index (χ3n) is 6.65. The van der Waals surface area contributed by atoms with Crippen molar-refractivity contribution in [2.75, 3.05) is 27.2 Å². The Kier molecular flexibility index (Phi) is 5.80. The zero-order chi connectivity index (χ0) is 23.8. The van der Waals surface area contributed by atoms with E-state index in [1.165, 1.54) is 22.3 Å². The zero-order valence-electron chi connectivity index (χ0n) is 19.9. The summed E-state index contributed by atoms with van der Waals surface area (Å²) < 4.78 is 5.53. The fraction of sp³-hybridized carbons (Fsp3) is 0.167. The standard InChI is InChI=1S/C30H27N3OS/c1-32-18-24(16-21-10-5-3-6-11-21)28-26(19-32)29(22-12-7-4-8-13-22)33-27(20-35-30(33)31-28)23-14-9-15-25(17-23)34-2/h3-17,20,29H,18-19H2,1-2H3/b24-16+. The molecule has 35 heavy (non-hydrogen) atoms. The molecular weight excluding hydrogens is 450 g/mol. The molecule has 3 aliphatic heterocycles. The molecule has 0 bridgehead atoms. The molecule has 0 fully saturated rings. The fourth-order valence-electron chi connectivity index (χ4n) is 5.10. The number of benzene rings is 3. The van der Waals surface area contributed by atoms with Gasteiger partial charge < -0.3 is 9.64 Å². The van der Waals surface area contributed by atoms with Crippen LogP contribution in [0, 0.1) is 0 Å². The molecule has 0 aromatic heterocycles. The first-order valence-corrected chi connectivity index (χ1v) is 12.7. The average molecular weight is 478 g/mol. The van der Waals surface area contributed by atoms with Gasteiger partial charge in [0.15, 0.2) is 5.17 Å². The van der Waals surface area contributed by atoms with Crippen molar-refractivity contribution in [2.45, 2.75) is 6.04 Å². The zero-order valence-corrected chi connectivity index (χ0v) is 20.7. The van der Waals surface area contributed by atoms with Gasteiger partial charge in [-0.2, -0.15) is 0 Å². The number of fused-ring (bicyclic) bond motifs is 1. The number of hydrogen-bond donors (Lipinski definition) is 0. The van der Waals surface area contributed by atoms with Crippen molar-refractivity contribution < 1.29 is 4.74 Å². The van der Waals surface area contributed by atoms with E-state index in [0.717, 1.165) is 41.0 Å². The van der Waals surface area contributed by atoms with E-state index in [2.05, 4.69) is 107 Å². The summed E-state index contributed by atoms with van der Waals surface area (Å²) >= 11 is 1.70. The monoisotopic (exact) mass is 477 g/mol. The smallest absolute Gasteiger partial charge is 0.174 e. The highest BCUT2D eigenvalue weighted by atomic mass is 32.2. The highest BCUT2D eigenvalue weighted by Gasteiger charge is 2.41. The predicted molar refractivity (Wildman–Crippen MR) is 146 cm³/mol. The van der Waals surface area contributed by atoms with Gasteiger partial charge in [0.2, 0.25) is 0 Å². The lowest BCUT2D eigenvalue weighted by Crippen LogP contribution is -2.40. The van der Waals surface area contributed by atoms with E-state index in [4.69, 9.17) is 9.73 Å². The van der Waals surface area contributed by atoms with Gasteiger partial charge in [0.25, 0.3) is 0 Å². The maximum Gasteiger partial charge on any atom is 0.174 e. The van der Waals surface area contributed by atoms with Crippen molar-refractivity contribution in [3.8, 4) is 5.75 Å². The van der Waals surface area contributed by atoms with Crippen molar-refractivity contribution in [1.29, 1.82) is 0 Å². The number of likely N-dealkylation sites (N-methyl/N-ethyl adjacent to an activating group) is 1. The molecule has 0 aliphatic carbocycles. The summed E-state index contributed by atoms with van der Waals surface area (Å²) in [5.74, 6) is 0.859. The largest absolute Gasteiger partial charge is 0.497 e. The summed E-state index contributed by atoms with van der Waals surface area (Å²) in [4.78, 5) is 10.1. The summed E-state index contributed by atoms with van der Waals surface area (Å²) in [5, 5.41) is 3.26. The first kappa shape index (κ1) is 22.0. The number of rotatable bonds is 4. The highest BCUT2D eigenvalue weighted by Crippen LogP contribution is 2.49. The third kappa shape index (κ3) is 4.11. The SMILES string of the molecule is COc1cccc(C2=CSC3=NC4=C(CN(C)C/C4=C\c4ccccc4)C(c4ccccc4)N23)c1. The number of hydrogen-bond acceptors (Lipinski definition) is 5. The fourth-order valence-corrected chi connectivity index (χ4v) is 6.03. The van der Waals surface area contributed by atoms with Gasteiger partial charge in [-0.15, -0.1) is 0 Å². The lowest BCUT2D eigenvalue weighted by Gasteiger charge is -2.42. The summed E-state index contributed by atoms with van der Waals surface area (Å²) in [6, 6.07) is 29.8. The number of aliphatic imine (C=N–C) groups is 1. The Balaban J connectivity index is 1.50. The first-order chi connectivity index (χ1) is 17.2. The molecule has 4 nitrogen and oxygen atoms in total. The minimum atomic E-state index is 0.0769. The van der Waals surface area contributed by atoms with E-state index < -0.39 is 0 Å². The van der Waals surface area contributed by atoms with Crippen LogP contribution < -0.4 is 4.74 Å². The Morgan fingerprint density at radius 3 is 2.49 bits per heavy atom. The summed E-state index contributed by atoms with van der Waals surface area (Å²) in [6.07, 6.45) is 2.29. The van der Waals surface area contributed by atoms with E-state index in [1.807, 2.05) is 6.07 Å². The molecule has 0 amide bonds. The van der Waals surface area contributed by atoms with Crippen LogP contribution in [0.3, 0.4) is 0 Å². The van der Waals surface area contributed by atoms with Gasteiger partial charge in [0.1, 0.15) is 5.75 Å². The van der Waals surface area contributed by atoms with Crippen LogP contribution >= 0.6 is 11.8 Å². The van der Waals surface area contributed by atoms with Crippen molar-refractivity contribution in [2.24, 2.45) is 4.99 Å². The molecule has 3 heterocycles. The second-order valence-corrected chi connectivity index (χ2v) is 9.89. The summed E-state index contributed by atoms with van der Waals surface area (Å²) in [5.41, 5.74) is 8.53. The second-order valence-electron chi connectivity index (χ2n) is 9.06. The molecule has 0 radical (unpaired) electrons. The number of nitrogens with zero attached hydrogens (tertiary/aromatic N) is 3. The van der Waals surface area contributed by atoms with Gasteiger partial charge in [-0.1, -0.05) is 84.6 Å². The van der Waals surface area contributed by atoms with Crippen LogP contribution in [-0.2, 0) is 0 Å². The maximum absolute atomic E-state index is 5.53. The molecule has 0 spiro atoms. The van der Waals surface area contributed by atoms with E-state index in [9.17, 15) is 0 Å². The van der Waals surface area contributed by atoms with Crippen LogP contribution in [0.1, 0.15) is 22.7 Å². The normalized spacial score (nSPS) is 20.9. The lowest BCUT2D eigenvalue weighted by molar-refractivity contribution is 0.344. The molecule has 0 saturated carbocycles. The van der Waals surface area contributed by atoms with Crippen LogP contribution in [0.15, 0.2) is 112 Å². The number of methoxy groups -OCH3 is 1. The minimum Gasteiger partial charge on any atom is -0.497 e. The quantitative estimate of drug-likeness (QED) is 0.432. The number of ether oxygens (including phenoxy) is 1. The number of thioether (sulfide) groups is 1. The first-order valence-electron chi connectivity index (χ1n) is 11.8. The Morgan fingerprint density at radius 2 is 1.71 bits per heavy atom. The molecule has 3 aromatic carbocycles. The van der Waals surface area contributed by atoms with Gasteiger partial charge in [-0.05, 0) is 47.5 Å². The van der Waals surface area contributed by atoms with Crippen molar-refractivity contribution in [1.82, 2.24) is 9.80 Å². The second kappa shape index (κ2) is 9.25. The molecule has 6 rings (SSSR count). The maximum atomic E-state index is 5.53. The molecule has 5 heteroatoms. The number of amidine groups is 1. The van der Waals surface area contributed by atoms with Gasteiger partial charge in [0, 0.05) is 24.1 Å². The van der Waals surface area contributed by atoms with E-state index >= 15 is 0 Å². The highest BCUT2D eigenvalue weighted by molar-refractivity contribution is 8.16. The van der Waals surface area contributed by atoms with Gasteiger partial charge in [0.05, 0.1) is 24.5 Å². The molecule has 0 N–H and O–H groups in total. The van der Waals surface area contributed by atoms with Crippen LogP contribution in [-0.4, -0.2) is 42.2 Å². The van der Waals surface area contributed by atoms with Gasteiger partial charge >= 0.3 is 0 Å². The Labute approximate surface area is 210 Å². The molecule has 1 unspecified atom stereocenters. The van der Waals surface area contributed by atoms with Crippen LogP contribution in [0.2, 0.25) is 0 Å².